The number of benzene rings is 2. The lowest BCUT2D eigenvalue weighted by molar-refractivity contribution is 0.0737. The summed E-state index contributed by atoms with van der Waals surface area (Å²) in [5, 5.41) is 1.99. The van der Waals surface area contributed by atoms with Gasteiger partial charge >= 0.3 is 0 Å². The summed E-state index contributed by atoms with van der Waals surface area (Å²) in [6.07, 6.45) is 0. The highest BCUT2D eigenvalue weighted by Gasteiger charge is 2.23. The van der Waals surface area contributed by atoms with Crippen LogP contribution in [0.4, 0.5) is 0 Å². The molecule has 4 rings (SSSR count). The Balaban J connectivity index is 1.63. The Kier molecular flexibility index (Phi) is 3.58. The molecule has 1 N–H and O–H groups in total. The van der Waals surface area contributed by atoms with Gasteiger partial charge in [0.05, 0.1) is 16.3 Å². The molecule has 0 saturated heterocycles. The molecule has 1 amide bonds. The van der Waals surface area contributed by atoms with Crippen molar-refractivity contribution in [1.82, 2.24) is 14.9 Å². The van der Waals surface area contributed by atoms with Crippen LogP contribution in [-0.4, -0.2) is 27.8 Å². The van der Waals surface area contributed by atoms with Crippen molar-refractivity contribution in [2.24, 2.45) is 0 Å². The van der Waals surface area contributed by atoms with Crippen LogP contribution in [-0.2, 0) is 0 Å². The Morgan fingerprint density at radius 3 is 2.71 bits per heavy atom. The summed E-state index contributed by atoms with van der Waals surface area (Å²) in [5.74, 6) is -0.0297. The first-order valence-corrected chi connectivity index (χ1v) is 8.65. The lowest BCUT2D eigenvalue weighted by atomic mass is 10.2. The minimum atomic E-state index is -0.0821. The molecule has 1 atom stereocenters. The predicted octanol–water partition coefficient (Wildman–Crippen LogP) is 4.61. The third kappa shape index (κ3) is 2.47. The van der Waals surface area contributed by atoms with Gasteiger partial charge in [-0.1, -0.05) is 30.3 Å². The van der Waals surface area contributed by atoms with E-state index in [-0.39, 0.29) is 11.9 Å². The fourth-order valence-corrected chi connectivity index (χ4v) is 3.85. The molecule has 0 fully saturated rings. The summed E-state index contributed by atoms with van der Waals surface area (Å²) < 4.78 is 1.14. The molecule has 0 unspecified atom stereocenters. The van der Waals surface area contributed by atoms with Gasteiger partial charge < -0.3 is 9.88 Å². The summed E-state index contributed by atoms with van der Waals surface area (Å²) in [6.45, 7) is 2.01. The number of nitrogens with one attached hydrogen (secondary N) is 1. The monoisotopic (exact) mass is 335 g/mol. The van der Waals surface area contributed by atoms with E-state index in [2.05, 4.69) is 16.0 Å². The highest BCUT2D eigenvalue weighted by Crippen LogP contribution is 2.29. The molecule has 0 radical (unpaired) electrons. The van der Waals surface area contributed by atoms with Crippen LogP contribution < -0.4 is 0 Å². The maximum atomic E-state index is 12.8. The van der Waals surface area contributed by atoms with E-state index in [1.165, 1.54) is 0 Å². The Morgan fingerprint density at radius 1 is 1.17 bits per heavy atom. The summed E-state index contributed by atoms with van der Waals surface area (Å²) in [7, 11) is 1.82. The van der Waals surface area contributed by atoms with E-state index < -0.39 is 0 Å². The van der Waals surface area contributed by atoms with Gasteiger partial charge in [-0.15, -0.1) is 11.3 Å². The van der Waals surface area contributed by atoms with Crippen LogP contribution in [0.15, 0.2) is 54.6 Å². The average molecular weight is 335 g/mol. The number of para-hydroxylation sites is 2. The molecule has 0 aliphatic carbocycles. The van der Waals surface area contributed by atoms with Gasteiger partial charge in [0.15, 0.2) is 0 Å². The molecule has 0 aliphatic rings. The van der Waals surface area contributed by atoms with E-state index in [9.17, 15) is 4.79 Å². The number of carbonyl (C=O) groups excluding carboxylic acids is 1. The Morgan fingerprint density at radius 2 is 1.92 bits per heavy atom. The summed E-state index contributed by atoms with van der Waals surface area (Å²) in [6, 6.07) is 17.8. The van der Waals surface area contributed by atoms with E-state index >= 15 is 0 Å². The number of amides is 1. The number of rotatable bonds is 3. The highest BCUT2D eigenvalue weighted by atomic mass is 32.1. The maximum absolute atomic E-state index is 12.8. The van der Waals surface area contributed by atoms with Gasteiger partial charge in [0.1, 0.15) is 10.7 Å². The third-order valence-electron chi connectivity index (χ3n) is 4.33. The van der Waals surface area contributed by atoms with Crippen molar-refractivity contribution in [3.05, 3.63) is 65.3 Å². The average Bonchev–Trinajstić information content (AvgIpc) is 3.23. The lowest BCUT2D eigenvalue weighted by Crippen LogP contribution is -2.29. The molecule has 2 aromatic carbocycles. The van der Waals surface area contributed by atoms with E-state index in [1.807, 2.05) is 62.5 Å². The van der Waals surface area contributed by atoms with Crippen LogP contribution in [0.1, 0.15) is 28.5 Å². The summed E-state index contributed by atoms with van der Waals surface area (Å²) >= 11 is 1.64. The van der Waals surface area contributed by atoms with Crippen LogP contribution in [0, 0.1) is 0 Å². The molecular weight excluding hydrogens is 318 g/mol. The van der Waals surface area contributed by atoms with Crippen molar-refractivity contribution >= 4 is 38.4 Å². The Bertz CT molecular complexity index is 967. The number of hydrogen-bond acceptors (Lipinski definition) is 3. The fraction of sp³-hybridized carbons (Fsp3) is 0.158. The van der Waals surface area contributed by atoms with Gasteiger partial charge in [-0.05, 0) is 31.2 Å². The topological polar surface area (TPSA) is 49.0 Å². The standard InChI is InChI=1S/C19H17N3OS/c1-12(18-21-15-9-5-6-10-17(15)24-18)22(2)19(23)16-11-13-7-3-4-8-14(13)20-16/h3-12,20H,1-2H3/t12-/m0/s1. The van der Waals surface area contributed by atoms with Crippen LogP contribution in [0.25, 0.3) is 21.1 Å². The zero-order chi connectivity index (χ0) is 16.7. The van der Waals surface area contributed by atoms with Crippen LogP contribution >= 0.6 is 11.3 Å². The van der Waals surface area contributed by atoms with Crippen LogP contribution in [0.5, 0.6) is 0 Å². The van der Waals surface area contributed by atoms with Gasteiger partial charge in [-0.25, -0.2) is 4.98 Å². The van der Waals surface area contributed by atoms with Gasteiger partial charge in [0.25, 0.3) is 5.91 Å². The number of hydrogen-bond donors (Lipinski definition) is 1. The van der Waals surface area contributed by atoms with E-state index in [0.29, 0.717) is 5.69 Å². The predicted molar refractivity (Wildman–Crippen MR) is 98.4 cm³/mol. The first kappa shape index (κ1) is 14.9. The van der Waals surface area contributed by atoms with Crippen LogP contribution in [0.3, 0.4) is 0 Å². The molecule has 0 spiro atoms. The van der Waals surface area contributed by atoms with E-state index in [0.717, 1.165) is 26.1 Å². The van der Waals surface area contributed by atoms with Gasteiger partial charge in [0, 0.05) is 18.0 Å². The molecule has 120 valence electrons. The van der Waals surface area contributed by atoms with Crippen molar-refractivity contribution in [2.45, 2.75) is 13.0 Å². The number of nitrogens with zero attached hydrogens (tertiary/aromatic N) is 2. The second-order valence-corrected chi connectivity index (χ2v) is 6.94. The number of aromatic nitrogens is 2. The quantitative estimate of drug-likeness (QED) is 0.594. The number of H-pyrrole nitrogens is 1. The molecule has 0 bridgehead atoms. The maximum Gasteiger partial charge on any atom is 0.270 e. The smallest absolute Gasteiger partial charge is 0.270 e. The molecule has 0 saturated carbocycles. The van der Waals surface area contributed by atoms with Crippen molar-refractivity contribution < 1.29 is 4.79 Å². The number of aromatic amines is 1. The molecule has 0 aliphatic heterocycles. The van der Waals surface area contributed by atoms with Crippen molar-refractivity contribution in [3.63, 3.8) is 0 Å². The van der Waals surface area contributed by atoms with Crippen LogP contribution in [0.2, 0.25) is 0 Å². The molecule has 24 heavy (non-hydrogen) atoms. The summed E-state index contributed by atoms with van der Waals surface area (Å²) in [4.78, 5) is 22.4. The second kappa shape index (κ2) is 5.76. The molecule has 4 nitrogen and oxygen atoms in total. The Hall–Kier alpha value is -2.66. The zero-order valence-corrected chi connectivity index (χ0v) is 14.3. The second-order valence-electron chi connectivity index (χ2n) is 5.88. The fourth-order valence-electron chi connectivity index (χ4n) is 2.79. The first-order valence-electron chi connectivity index (χ1n) is 7.84. The molecule has 4 aromatic rings. The van der Waals surface area contributed by atoms with Gasteiger partial charge in [-0.3, -0.25) is 4.79 Å². The Labute approximate surface area is 143 Å². The first-order chi connectivity index (χ1) is 11.6. The van der Waals surface area contributed by atoms with Gasteiger partial charge in [0.2, 0.25) is 0 Å². The minimum absolute atomic E-state index is 0.0297. The molecular formula is C19H17N3OS. The van der Waals surface area contributed by atoms with Crippen molar-refractivity contribution in [3.8, 4) is 0 Å². The normalized spacial score (nSPS) is 12.6. The summed E-state index contributed by atoms with van der Waals surface area (Å²) in [5.41, 5.74) is 2.56. The number of thiazole rings is 1. The SMILES string of the molecule is C[C@@H](c1nc2ccccc2s1)N(C)C(=O)c1cc2ccccc2[nH]1. The lowest BCUT2D eigenvalue weighted by Gasteiger charge is -2.22. The van der Waals surface area contributed by atoms with Crippen molar-refractivity contribution in [2.75, 3.05) is 7.05 Å². The minimum Gasteiger partial charge on any atom is -0.351 e. The number of fused-ring (bicyclic) bond motifs is 2. The van der Waals surface area contributed by atoms with Crippen molar-refractivity contribution in [1.29, 1.82) is 0 Å². The third-order valence-corrected chi connectivity index (χ3v) is 5.54. The zero-order valence-electron chi connectivity index (χ0n) is 13.5. The van der Waals surface area contributed by atoms with Gasteiger partial charge in [-0.2, -0.15) is 0 Å². The molecule has 2 aromatic heterocycles. The molecule has 5 heteroatoms. The molecule has 2 heterocycles. The highest BCUT2D eigenvalue weighted by molar-refractivity contribution is 7.18. The van der Waals surface area contributed by atoms with E-state index in [1.54, 1.807) is 16.2 Å². The van der Waals surface area contributed by atoms with E-state index in [4.69, 9.17) is 0 Å². The largest absolute Gasteiger partial charge is 0.351 e. The number of carbonyl (C=O) groups is 1.